The maximum Gasteiger partial charge on any atom is 0.0628 e. The van der Waals surface area contributed by atoms with Gasteiger partial charge in [0.15, 0.2) is 0 Å². The van der Waals surface area contributed by atoms with E-state index in [4.69, 9.17) is 0 Å². The predicted molar refractivity (Wildman–Crippen MR) is 75.4 cm³/mol. The van der Waals surface area contributed by atoms with Crippen LogP contribution < -0.4 is 0 Å². The first kappa shape index (κ1) is 11.5. The Balaban J connectivity index is 1.89. The van der Waals surface area contributed by atoms with Gasteiger partial charge in [-0.05, 0) is 35.7 Å². The molecule has 0 radical (unpaired) electrons. The van der Waals surface area contributed by atoms with Crippen LogP contribution in [-0.2, 0) is 5.41 Å². The molecule has 1 aromatic carbocycles. The molecule has 0 saturated heterocycles. The summed E-state index contributed by atoms with van der Waals surface area (Å²) in [5, 5.41) is 9.36. The fraction of sp³-hybridized carbons (Fsp3) is 0.611. The first-order valence-electron chi connectivity index (χ1n) is 7.57. The second kappa shape index (κ2) is 3.23. The summed E-state index contributed by atoms with van der Waals surface area (Å²) in [6, 6.07) is 13.5. The number of fused-ring (bicyclic) bond motifs is 4. The molecular weight excluding hydrogens is 230 g/mol. The van der Waals surface area contributed by atoms with Crippen molar-refractivity contribution in [3.63, 3.8) is 0 Å². The van der Waals surface area contributed by atoms with Gasteiger partial charge in [0, 0.05) is 17.3 Å². The molecule has 0 aliphatic heterocycles. The lowest BCUT2D eigenvalue weighted by Gasteiger charge is -2.47. The van der Waals surface area contributed by atoms with Gasteiger partial charge >= 0.3 is 0 Å². The van der Waals surface area contributed by atoms with Gasteiger partial charge in [-0.2, -0.15) is 5.26 Å². The smallest absolute Gasteiger partial charge is 0.0628 e. The Morgan fingerprint density at radius 2 is 1.84 bits per heavy atom. The van der Waals surface area contributed by atoms with Gasteiger partial charge in [0.25, 0.3) is 0 Å². The molecule has 0 N–H and O–H groups in total. The number of nitriles is 1. The monoisotopic (exact) mass is 251 g/mol. The lowest BCUT2D eigenvalue weighted by Crippen LogP contribution is -2.46. The summed E-state index contributed by atoms with van der Waals surface area (Å²) in [5.74, 6) is 1.64. The Labute approximate surface area is 115 Å². The summed E-state index contributed by atoms with van der Waals surface area (Å²) in [6.07, 6.45) is 4.84. The van der Waals surface area contributed by atoms with Gasteiger partial charge < -0.3 is 0 Å². The molecule has 1 heteroatoms. The zero-order valence-electron chi connectivity index (χ0n) is 11.8. The first-order chi connectivity index (χ1) is 9.14. The van der Waals surface area contributed by atoms with Crippen LogP contribution >= 0.6 is 0 Å². The van der Waals surface area contributed by atoms with E-state index in [9.17, 15) is 5.26 Å². The molecule has 98 valence electrons. The van der Waals surface area contributed by atoms with Crippen molar-refractivity contribution >= 4 is 0 Å². The molecule has 0 spiro atoms. The standard InChI is InChI=1S/C18H21N/c1-16(2)17(11-12-19)14-9-6-10-15(14)18(16,17)13-7-4-3-5-8-13/h3-5,7-8,14-15H,6,9-11H2,1-2H3/t14-,15+,17-,18+/m0/s1. The Kier molecular flexibility index (Phi) is 1.96. The lowest BCUT2D eigenvalue weighted by atomic mass is 9.55. The minimum Gasteiger partial charge on any atom is -0.198 e. The Hall–Kier alpha value is -1.29. The van der Waals surface area contributed by atoms with E-state index in [1.165, 1.54) is 24.8 Å². The molecule has 19 heavy (non-hydrogen) atoms. The molecule has 3 saturated carbocycles. The maximum absolute atomic E-state index is 9.36. The molecule has 1 nitrogen and oxygen atoms in total. The van der Waals surface area contributed by atoms with Crippen LogP contribution in [0.25, 0.3) is 0 Å². The molecule has 0 aromatic heterocycles. The molecule has 3 aliphatic carbocycles. The SMILES string of the molecule is CC1(C)[C@]2(CC#N)[C@H]3CCC[C@H]3[C@]12c1ccccc1. The summed E-state index contributed by atoms with van der Waals surface area (Å²) >= 11 is 0. The zero-order chi connectivity index (χ0) is 13.3. The summed E-state index contributed by atoms with van der Waals surface area (Å²) < 4.78 is 0. The molecule has 3 aliphatic rings. The number of nitrogens with zero attached hydrogens (tertiary/aromatic N) is 1. The predicted octanol–water partition coefficient (Wildman–Crippen LogP) is 4.29. The van der Waals surface area contributed by atoms with Crippen LogP contribution in [0.3, 0.4) is 0 Å². The summed E-state index contributed by atoms with van der Waals surface area (Å²) in [7, 11) is 0. The number of rotatable bonds is 2. The second-order valence-electron chi connectivity index (χ2n) is 7.25. The highest BCUT2D eigenvalue weighted by molar-refractivity contribution is 5.55. The fourth-order valence-electron chi connectivity index (χ4n) is 6.71. The highest BCUT2D eigenvalue weighted by Crippen LogP contribution is 2.96. The highest BCUT2D eigenvalue weighted by atomic mass is 15.0. The third-order valence-electron chi connectivity index (χ3n) is 7.03. The molecule has 4 rings (SSSR count). The van der Waals surface area contributed by atoms with Crippen molar-refractivity contribution in [1.82, 2.24) is 0 Å². The fourth-order valence-corrected chi connectivity index (χ4v) is 6.71. The van der Waals surface area contributed by atoms with Crippen molar-refractivity contribution in [3.8, 4) is 6.07 Å². The number of hydrogen-bond donors (Lipinski definition) is 0. The third kappa shape index (κ3) is 0.891. The van der Waals surface area contributed by atoms with Crippen LogP contribution in [0.1, 0.15) is 45.1 Å². The Morgan fingerprint density at radius 3 is 2.53 bits per heavy atom. The van der Waals surface area contributed by atoms with E-state index in [2.05, 4.69) is 50.2 Å². The van der Waals surface area contributed by atoms with Crippen molar-refractivity contribution in [2.24, 2.45) is 22.7 Å². The van der Waals surface area contributed by atoms with E-state index < -0.39 is 0 Å². The minimum atomic E-state index is 0.275. The van der Waals surface area contributed by atoms with Gasteiger partial charge in [-0.3, -0.25) is 0 Å². The molecule has 1 aromatic rings. The summed E-state index contributed by atoms with van der Waals surface area (Å²) in [6.45, 7) is 4.82. The normalized spacial score (nSPS) is 44.7. The molecule has 0 bridgehead atoms. The molecular formula is C18H21N. The van der Waals surface area contributed by atoms with Crippen molar-refractivity contribution < 1.29 is 0 Å². The van der Waals surface area contributed by atoms with Crippen LogP contribution in [0.5, 0.6) is 0 Å². The molecule has 3 fully saturated rings. The lowest BCUT2D eigenvalue weighted by molar-refractivity contribution is 0.0602. The summed E-state index contributed by atoms with van der Waals surface area (Å²) in [5.41, 5.74) is 2.38. The van der Waals surface area contributed by atoms with Crippen LogP contribution in [0.2, 0.25) is 0 Å². The number of benzene rings is 1. The average Bonchev–Trinajstić information content (AvgIpc) is 2.71. The first-order valence-corrected chi connectivity index (χ1v) is 7.57. The van der Waals surface area contributed by atoms with Gasteiger partial charge in [0.2, 0.25) is 0 Å². The highest BCUT2D eigenvalue weighted by Gasteiger charge is 2.94. The van der Waals surface area contributed by atoms with Gasteiger partial charge in [0.05, 0.1) is 6.07 Å². The van der Waals surface area contributed by atoms with Gasteiger partial charge in [-0.15, -0.1) is 0 Å². The van der Waals surface area contributed by atoms with Crippen molar-refractivity contribution in [2.45, 2.75) is 44.9 Å². The summed E-state index contributed by atoms with van der Waals surface area (Å²) in [4.78, 5) is 0. The number of hydrogen-bond acceptors (Lipinski definition) is 1. The third-order valence-corrected chi connectivity index (χ3v) is 7.03. The quantitative estimate of drug-likeness (QED) is 0.769. The van der Waals surface area contributed by atoms with E-state index in [0.717, 1.165) is 18.3 Å². The van der Waals surface area contributed by atoms with Gasteiger partial charge in [-0.1, -0.05) is 50.6 Å². The topological polar surface area (TPSA) is 23.8 Å². The van der Waals surface area contributed by atoms with Crippen LogP contribution in [-0.4, -0.2) is 0 Å². The van der Waals surface area contributed by atoms with E-state index in [1.807, 2.05) is 0 Å². The van der Waals surface area contributed by atoms with Crippen LogP contribution in [0.15, 0.2) is 30.3 Å². The van der Waals surface area contributed by atoms with E-state index >= 15 is 0 Å². The average molecular weight is 251 g/mol. The zero-order valence-corrected chi connectivity index (χ0v) is 11.8. The molecule has 0 amide bonds. The Bertz CT molecular complexity index is 567. The maximum atomic E-state index is 9.36. The van der Waals surface area contributed by atoms with Crippen LogP contribution in [0.4, 0.5) is 0 Å². The second-order valence-corrected chi connectivity index (χ2v) is 7.25. The van der Waals surface area contributed by atoms with Gasteiger partial charge in [-0.25, -0.2) is 0 Å². The van der Waals surface area contributed by atoms with E-state index in [0.29, 0.717) is 10.8 Å². The van der Waals surface area contributed by atoms with E-state index in [1.54, 1.807) is 0 Å². The van der Waals surface area contributed by atoms with Gasteiger partial charge in [0.1, 0.15) is 0 Å². The molecule has 4 atom stereocenters. The van der Waals surface area contributed by atoms with Crippen LogP contribution in [0, 0.1) is 34.0 Å². The Morgan fingerprint density at radius 1 is 1.16 bits per heavy atom. The van der Waals surface area contributed by atoms with Crippen molar-refractivity contribution in [2.75, 3.05) is 0 Å². The molecule has 0 heterocycles. The van der Waals surface area contributed by atoms with E-state index in [-0.39, 0.29) is 5.41 Å². The minimum absolute atomic E-state index is 0.275. The van der Waals surface area contributed by atoms with Crippen molar-refractivity contribution in [3.05, 3.63) is 35.9 Å². The molecule has 0 unspecified atom stereocenters. The van der Waals surface area contributed by atoms with Crippen molar-refractivity contribution in [1.29, 1.82) is 5.26 Å². The largest absolute Gasteiger partial charge is 0.198 e.